The smallest absolute Gasteiger partial charge is 0.417 e. The van der Waals surface area contributed by atoms with Crippen LogP contribution in [0.3, 0.4) is 0 Å². The normalized spacial score (nSPS) is 21.7. The highest BCUT2D eigenvalue weighted by Gasteiger charge is 2.51. The van der Waals surface area contributed by atoms with Crippen molar-refractivity contribution < 1.29 is 39.9 Å². The lowest BCUT2D eigenvalue weighted by molar-refractivity contribution is -0.156. The van der Waals surface area contributed by atoms with Crippen LogP contribution in [0.15, 0.2) is 36.4 Å². The van der Waals surface area contributed by atoms with Crippen LogP contribution < -0.4 is 10.1 Å². The van der Waals surface area contributed by atoms with Crippen molar-refractivity contribution >= 4 is 0 Å². The van der Waals surface area contributed by atoms with Crippen molar-refractivity contribution in [1.82, 2.24) is 5.32 Å². The molecule has 11 heteroatoms. The Morgan fingerprint density at radius 3 is 2.29 bits per heavy atom. The van der Waals surface area contributed by atoms with Crippen LogP contribution in [0.25, 0.3) is 0 Å². The van der Waals surface area contributed by atoms with Crippen molar-refractivity contribution in [3.63, 3.8) is 0 Å². The molecule has 3 rings (SSSR count). The second-order valence-electron chi connectivity index (χ2n) is 7.03. The number of ether oxygens (including phenoxy) is 1. The molecule has 31 heavy (non-hydrogen) atoms. The van der Waals surface area contributed by atoms with Crippen LogP contribution in [-0.2, 0) is 6.18 Å². The molecule has 0 saturated carbocycles. The fraction of sp³-hybridized carbons (Fsp3) is 0.350. The second-order valence-corrected chi connectivity index (χ2v) is 7.03. The topological polar surface area (TPSA) is 45.0 Å². The molecule has 166 valence electrons. The number of benzene rings is 2. The van der Waals surface area contributed by atoms with Crippen LogP contribution in [-0.4, -0.2) is 24.9 Å². The molecule has 0 bridgehead atoms. The molecule has 0 aromatic heterocycles. The van der Waals surface area contributed by atoms with Gasteiger partial charge in [-0.15, -0.1) is 0 Å². The number of rotatable bonds is 4. The zero-order chi connectivity index (χ0) is 23.0. The van der Waals surface area contributed by atoms with Gasteiger partial charge < -0.3 is 4.74 Å². The van der Waals surface area contributed by atoms with Crippen LogP contribution >= 0.6 is 0 Å². The van der Waals surface area contributed by atoms with Crippen molar-refractivity contribution in [2.24, 2.45) is 0 Å². The lowest BCUT2D eigenvalue weighted by Crippen LogP contribution is -2.44. The van der Waals surface area contributed by atoms with Crippen molar-refractivity contribution in [2.45, 2.75) is 36.8 Å². The Morgan fingerprint density at radius 2 is 1.71 bits per heavy atom. The molecule has 0 amide bonds. The van der Waals surface area contributed by atoms with Gasteiger partial charge in [-0.3, -0.25) is 5.32 Å². The Morgan fingerprint density at radius 1 is 1.00 bits per heavy atom. The summed E-state index contributed by atoms with van der Waals surface area (Å²) in [5.74, 6) is -3.79. The van der Waals surface area contributed by atoms with Gasteiger partial charge in [0.2, 0.25) is 0 Å². The second kappa shape index (κ2) is 8.34. The average Bonchev–Trinajstić information content (AvgIpc) is 3.12. The van der Waals surface area contributed by atoms with E-state index in [9.17, 15) is 35.1 Å². The van der Waals surface area contributed by atoms with Crippen molar-refractivity contribution in [3.05, 3.63) is 64.7 Å². The van der Waals surface area contributed by atoms with E-state index in [0.717, 1.165) is 30.3 Å². The van der Waals surface area contributed by atoms with E-state index in [0.29, 0.717) is 6.07 Å². The predicted octanol–water partition coefficient (Wildman–Crippen LogP) is 5.31. The Balaban J connectivity index is 1.84. The maximum Gasteiger partial charge on any atom is 0.417 e. The Hall–Kier alpha value is -2.87. The maximum absolute atomic E-state index is 13.5. The van der Waals surface area contributed by atoms with E-state index >= 15 is 0 Å². The standard InChI is InChI=1S/C20H14F8N2O/c21-16-4-3-13(7-17(16)22)31-9-12-6-14(18(30-12)20(26,27)28)10-1-2-11(8-29)15(5-10)19(23,24)25/h1-5,7,12,14,18,30H,6,9H2/t12-,14?,18+/m0/s1. The number of hydrogen-bond donors (Lipinski definition) is 1. The molecule has 2 aromatic carbocycles. The molecule has 3 nitrogen and oxygen atoms in total. The van der Waals surface area contributed by atoms with E-state index in [1.165, 1.54) is 6.07 Å². The molecule has 2 aromatic rings. The molecule has 1 aliphatic heterocycles. The molecule has 1 fully saturated rings. The van der Waals surface area contributed by atoms with E-state index in [1.54, 1.807) is 0 Å². The van der Waals surface area contributed by atoms with E-state index in [2.05, 4.69) is 5.32 Å². The molecule has 1 saturated heterocycles. The summed E-state index contributed by atoms with van der Waals surface area (Å²) in [4.78, 5) is 0. The first kappa shape index (κ1) is 22.8. The van der Waals surface area contributed by atoms with Crippen LogP contribution in [0.1, 0.15) is 29.0 Å². The molecule has 1 unspecified atom stereocenters. The van der Waals surface area contributed by atoms with Gasteiger partial charge >= 0.3 is 12.4 Å². The first-order valence-electron chi connectivity index (χ1n) is 8.92. The third-order valence-corrected chi connectivity index (χ3v) is 4.95. The Bertz CT molecular complexity index is 996. The largest absolute Gasteiger partial charge is 0.492 e. The van der Waals surface area contributed by atoms with E-state index in [-0.39, 0.29) is 24.3 Å². The molecule has 1 N–H and O–H groups in total. The summed E-state index contributed by atoms with van der Waals surface area (Å²) in [6.45, 7) is -0.351. The third kappa shape index (κ3) is 5.07. The highest BCUT2D eigenvalue weighted by Crippen LogP contribution is 2.42. The van der Waals surface area contributed by atoms with Gasteiger partial charge in [0.25, 0.3) is 0 Å². The Kier molecular flexibility index (Phi) is 6.14. The van der Waals surface area contributed by atoms with Crippen molar-refractivity contribution in [2.75, 3.05) is 6.61 Å². The summed E-state index contributed by atoms with van der Waals surface area (Å²) in [7, 11) is 0. The quantitative estimate of drug-likeness (QED) is 0.643. The molecule has 0 spiro atoms. The first-order valence-corrected chi connectivity index (χ1v) is 8.92. The molecule has 3 atom stereocenters. The third-order valence-electron chi connectivity index (χ3n) is 4.95. The average molecular weight is 450 g/mol. The van der Waals surface area contributed by atoms with Crippen molar-refractivity contribution in [3.8, 4) is 11.8 Å². The molecule has 0 radical (unpaired) electrons. The predicted molar refractivity (Wildman–Crippen MR) is 92.1 cm³/mol. The summed E-state index contributed by atoms with van der Waals surface area (Å²) < 4.78 is 112. The van der Waals surface area contributed by atoms with Crippen LogP contribution in [0.5, 0.6) is 5.75 Å². The van der Waals surface area contributed by atoms with Gasteiger partial charge in [-0.05, 0) is 36.2 Å². The zero-order valence-corrected chi connectivity index (χ0v) is 15.5. The van der Waals surface area contributed by atoms with Gasteiger partial charge in [0.05, 0.1) is 17.2 Å². The van der Waals surface area contributed by atoms with Gasteiger partial charge in [-0.25, -0.2) is 8.78 Å². The number of nitrogens with one attached hydrogen (secondary N) is 1. The fourth-order valence-electron chi connectivity index (χ4n) is 3.54. The van der Waals surface area contributed by atoms with Crippen LogP contribution in [0.4, 0.5) is 35.1 Å². The number of nitrogens with zero attached hydrogens (tertiary/aromatic N) is 1. The van der Waals surface area contributed by atoms with Gasteiger partial charge in [0.1, 0.15) is 18.4 Å². The SMILES string of the molecule is N#Cc1ccc(C2C[C@@H](COc3ccc(F)c(F)c3)N[C@H]2C(F)(F)F)cc1C(F)(F)F. The summed E-state index contributed by atoms with van der Waals surface area (Å²) in [5, 5.41) is 11.2. The summed E-state index contributed by atoms with van der Waals surface area (Å²) in [6, 6.07) is 3.41. The van der Waals surface area contributed by atoms with Gasteiger partial charge in [-0.1, -0.05) is 6.07 Å². The summed E-state index contributed by atoms with van der Waals surface area (Å²) >= 11 is 0. The van der Waals surface area contributed by atoms with E-state index in [1.807, 2.05) is 0 Å². The monoisotopic (exact) mass is 450 g/mol. The van der Waals surface area contributed by atoms with Crippen LogP contribution in [0.2, 0.25) is 0 Å². The molecule has 1 heterocycles. The van der Waals surface area contributed by atoms with E-state index in [4.69, 9.17) is 10.00 Å². The molecule has 1 aliphatic rings. The number of alkyl halides is 6. The minimum absolute atomic E-state index is 0.106. The van der Waals surface area contributed by atoms with Crippen LogP contribution in [0, 0.1) is 23.0 Å². The molecular formula is C20H14F8N2O. The highest BCUT2D eigenvalue weighted by molar-refractivity contribution is 5.43. The Labute approximate surface area is 171 Å². The lowest BCUT2D eigenvalue weighted by Gasteiger charge is -2.23. The zero-order valence-electron chi connectivity index (χ0n) is 15.5. The number of nitriles is 1. The summed E-state index contributed by atoms with van der Waals surface area (Å²) in [6.07, 6.45) is -9.90. The minimum Gasteiger partial charge on any atom is -0.492 e. The molecule has 0 aliphatic carbocycles. The highest BCUT2D eigenvalue weighted by atomic mass is 19.4. The van der Waals surface area contributed by atoms with Gasteiger partial charge in [0.15, 0.2) is 11.6 Å². The van der Waals surface area contributed by atoms with Gasteiger partial charge in [0, 0.05) is 18.0 Å². The van der Waals surface area contributed by atoms with E-state index < -0.39 is 53.1 Å². The number of halogens is 8. The van der Waals surface area contributed by atoms with Gasteiger partial charge in [-0.2, -0.15) is 31.6 Å². The number of hydrogen-bond acceptors (Lipinski definition) is 3. The minimum atomic E-state index is -4.91. The maximum atomic E-state index is 13.5. The van der Waals surface area contributed by atoms with Crippen molar-refractivity contribution in [1.29, 1.82) is 5.26 Å². The first-order chi connectivity index (χ1) is 14.4. The molecular weight excluding hydrogens is 436 g/mol. The lowest BCUT2D eigenvalue weighted by atomic mass is 9.88. The summed E-state index contributed by atoms with van der Waals surface area (Å²) in [5.41, 5.74) is -2.23. The fourth-order valence-corrected chi connectivity index (χ4v) is 3.54.